The van der Waals surface area contributed by atoms with Gasteiger partial charge in [0, 0.05) is 22.7 Å². The van der Waals surface area contributed by atoms with E-state index in [1.54, 1.807) is 0 Å². The lowest BCUT2D eigenvalue weighted by Crippen LogP contribution is -2.59. The van der Waals surface area contributed by atoms with Crippen LogP contribution in [-0.2, 0) is 9.59 Å². The maximum absolute atomic E-state index is 12.6. The number of hydrogen-bond donors (Lipinski definition) is 2. The second-order valence-corrected chi connectivity index (χ2v) is 9.62. The Morgan fingerprint density at radius 3 is 1.32 bits per heavy atom. The van der Waals surface area contributed by atoms with Crippen LogP contribution in [0.5, 0.6) is 0 Å². The largest absolute Gasteiger partial charge is 0.504 e. The highest BCUT2D eigenvalue weighted by Gasteiger charge is 2.65. The van der Waals surface area contributed by atoms with Gasteiger partial charge >= 0.3 is 0 Å². The zero-order valence-electron chi connectivity index (χ0n) is 14.7. The van der Waals surface area contributed by atoms with Crippen molar-refractivity contribution in [2.45, 2.75) is 9.49 Å². The van der Waals surface area contributed by atoms with E-state index in [-0.39, 0.29) is 23.1 Å². The number of carbonyl (C=O) groups is 2. The molecule has 2 aromatic rings. The summed E-state index contributed by atoms with van der Waals surface area (Å²) in [6.45, 7) is 0. The first-order valence-corrected chi connectivity index (χ1v) is 10.8. The van der Waals surface area contributed by atoms with Gasteiger partial charge in [-0.2, -0.15) is 0 Å². The molecule has 2 N–H and O–H groups in total. The van der Waals surface area contributed by atoms with E-state index in [1.807, 2.05) is 60.7 Å². The Hall–Kier alpha value is -2.44. The molecule has 5 rings (SSSR count). The van der Waals surface area contributed by atoms with Crippen molar-refractivity contribution < 1.29 is 19.8 Å². The minimum Gasteiger partial charge on any atom is -0.504 e. The summed E-state index contributed by atoms with van der Waals surface area (Å²) in [6, 6.07) is 18.8. The van der Waals surface area contributed by atoms with E-state index in [2.05, 4.69) is 0 Å². The second-order valence-electron chi connectivity index (χ2n) is 7.07. The number of ketones is 2. The first-order valence-electron chi connectivity index (χ1n) is 8.87. The lowest BCUT2D eigenvalue weighted by atomic mass is 9.76. The van der Waals surface area contributed by atoms with Gasteiger partial charge in [-0.15, -0.1) is 23.5 Å². The summed E-state index contributed by atoms with van der Waals surface area (Å²) in [5, 5.41) is 20.5. The molecule has 0 unspecified atom stereocenters. The molecule has 0 bridgehead atoms. The number of Topliss-reactive ketones (excluding diaryl/α,β-unsaturated/α-hetero) is 2. The maximum atomic E-state index is 12.6. The summed E-state index contributed by atoms with van der Waals surface area (Å²) in [5.41, 5.74) is 2.94. The Morgan fingerprint density at radius 1 is 0.643 bits per heavy atom. The molecule has 1 heterocycles. The highest BCUT2D eigenvalue weighted by Crippen LogP contribution is 2.63. The Balaban J connectivity index is 1.49. The van der Waals surface area contributed by atoms with Gasteiger partial charge in [-0.05, 0) is 11.1 Å². The van der Waals surface area contributed by atoms with Crippen molar-refractivity contribution in [2.24, 2.45) is 0 Å². The zero-order valence-corrected chi connectivity index (χ0v) is 16.3. The Bertz CT molecular complexity index is 975. The van der Waals surface area contributed by atoms with E-state index in [9.17, 15) is 19.8 Å². The number of rotatable bonds is 2. The van der Waals surface area contributed by atoms with Crippen LogP contribution in [0.15, 0.2) is 72.2 Å². The molecule has 0 amide bonds. The van der Waals surface area contributed by atoms with Crippen LogP contribution in [0, 0.1) is 0 Å². The van der Waals surface area contributed by atoms with Gasteiger partial charge in [-0.25, -0.2) is 0 Å². The number of hydrogen-bond acceptors (Lipinski definition) is 6. The normalized spacial score (nSPS) is 29.3. The van der Waals surface area contributed by atoms with Crippen LogP contribution in [0.3, 0.4) is 0 Å². The molecule has 0 saturated carbocycles. The summed E-state index contributed by atoms with van der Waals surface area (Å²) in [5.74, 6) is -0.172. The summed E-state index contributed by atoms with van der Waals surface area (Å²) < 4.78 is -1.68. The molecule has 0 radical (unpaired) electrons. The van der Waals surface area contributed by atoms with Crippen molar-refractivity contribution >= 4 is 46.2 Å². The summed E-state index contributed by atoms with van der Waals surface area (Å²) in [7, 11) is 0. The molecule has 3 aliphatic rings. The van der Waals surface area contributed by atoms with Crippen LogP contribution in [0.4, 0.5) is 0 Å². The van der Waals surface area contributed by atoms with Crippen LogP contribution >= 0.6 is 23.5 Å². The molecule has 4 nitrogen and oxygen atoms in total. The van der Waals surface area contributed by atoms with Crippen LogP contribution < -0.4 is 0 Å². The molecule has 0 aromatic heterocycles. The predicted molar refractivity (Wildman–Crippen MR) is 112 cm³/mol. The van der Waals surface area contributed by atoms with Crippen molar-refractivity contribution in [2.75, 3.05) is 11.5 Å². The van der Waals surface area contributed by atoms with Crippen molar-refractivity contribution in [3.05, 3.63) is 83.3 Å². The quantitative estimate of drug-likeness (QED) is 0.781. The third-order valence-electron chi connectivity index (χ3n) is 5.61. The monoisotopic (exact) mass is 408 g/mol. The smallest absolute Gasteiger partial charge is 0.218 e. The van der Waals surface area contributed by atoms with E-state index < -0.39 is 9.49 Å². The van der Waals surface area contributed by atoms with Crippen molar-refractivity contribution in [1.29, 1.82) is 0 Å². The van der Waals surface area contributed by atoms with Crippen molar-refractivity contribution in [1.82, 2.24) is 0 Å². The fraction of sp³-hybridized carbons (Fsp3) is 0.182. The molecule has 140 valence electrons. The number of aliphatic hydroxyl groups excluding tert-OH is 2. The summed E-state index contributed by atoms with van der Waals surface area (Å²) in [6.07, 6.45) is 0. The van der Waals surface area contributed by atoms with E-state index in [0.717, 1.165) is 11.1 Å². The molecule has 1 saturated heterocycles. The lowest BCUT2D eigenvalue weighted by molar-refractivity contribution is -0.121. The Kier molecular flexibility index (Phi) is 3.80. The van der Waals surface area contributed by atoms with Gasteiger partial charge < -0.3 is 10.2 Å². The van der Waals surface area contributed by atoms with Crippen molar-refractivity contribution in [3.8, 4) is 0 Å². The zero-order chi connectivity index (χ0) is 19.5. The van der Waals surface area contributed by atoms with Crippen LogP contribution in [0.25, 0.3) is 11.1 Å². The maximum Gasteiger partial charge on any atom is 0.218 e. The number of allylic oxidation sites excluding steroid dienone is 2. The van der Waals surface area contributed by atoms with E-state index in [0.29, 0.717) is 22.7 Å². The van der Waals surface area contributed by atoms with Gasteiger partial charge in [-0.1, -0.05) is 60.7 Å². The lowest BCUT2D eigenvalue weighted by Gasteiger charge is -2.51. The molecule has 2 aliphatic carbocycles. The SMILES string of the molecule is O=C1C(O)=C(c2ccccc2)[C@]12CS[C@]1(CS2)C(=O)C(O)=C1c1ccccc1. The average Bonchev–Trinajstić information content (AvgIpc) is 2.76. The molecule has 6 heteroatoms. The summed E-state index contributed by atoms with van der Waals surface area (Å²) in [4.78, 5) is 25.3. The third-order valence-corrected chi connectivity index (χ3v) is 9.19. The molecule has 2 atom stereocenters. The van der Waals surface area contributed by atoms with Gasteiger partial charge in [0.2, 0.25) is 11.6 Å². The van der Waals surface area contributed by atoms with Gasteiger partial charge in [0.05, 0.1) is 0 Å². The second kappa shape index (κ2) is 6.03. The van der Waals surface area contributed by atoms with Gasteiger partial charge in [0.1, 0.15) is 9.49 Å². The number of benzene rings is 2. The minimum absolute atomic E-state index is 0.183. The van der Waals surface area contributed by atoms with Gasteiger partial charge in [0.25, 0.3) is 0 Å². The minimum atomic E-state index is -0.839. The molecule has 1 fully saturated rings. The molecule has 1 aliphatic heterocycles. The first kappa shape index (κ1) is 17.6. The van der Waals surface area contributed by atoms with E-state index >= 15 is 0 Å². The van der Waals surface area contributed by atoms with Gasteiger partial charge in [0.15, 0.2) is 11.5 Å². The molecule has 2 aromatic carbocycles. The molecular formula is C22H16O4S2. The highest BCUT2D eigenvalue weighted by molar-refractivity contribution is 8.10. The molecular weight excluding hydrogens is 392 g/mol. The van der Waals surface area contributed by atoms with Gasteiger partial charge in [-0.3, -0.25) is 9.59 Å². The topological polar surface area (TPSA) is 74.6 Å². The number of thioether (sulfide) groups is 2. The Morgan fingerprint density at radius 2 is 1.00 bits per heavy atom. The molecule has 28 heavy (non-hydrogen) atoms. The Labute approximate surface area is 170 Å². The predicted octanol–water partition coefficient (Wildman–Crippen LogP) is 4.05. The van der Waals surface area contributed by atoms with E-state index in [4.69, 9.17) is 0 Å². The number of carbonyl (C=O) groups excluding carboxylic acids is 2. The van der Waals surface area contributed by atoms with Crippen LogP contribution in [0.2, 0.25) is 0 Å². The van der Waals surface area contributed by atoms with Crippen LogP contribution in [-0.4, -0.2) is 42.8 Å². The fourth-order valence-corrected chi connectivity index (χ4v) is 7.77. The molecule has 2 spiro atoms. The average molecular weight is 409 g/mol. The van der Waals surface area contributed by atoms with Crippen LogP contribution in [0.1, 0.15) is 11.1 Å². The number of aliphatic hydroxyl groups is 2. The highest BCUT2D eigenvalue weighted by atomic mass is 32.2. The third kappa shape index (κ3) is 2.10. The first-order chi connectivity index (χ1) is 13.5. The van der Waals surface area contributed by atoms with Crippen molar-refractivity contribution in [3.63, 3.8) is 0 Å². The fourth-order valence-electron chi connectivity index (χ4n) is 4.13. The standard InChI is InChI=1S/C22H16O4S2/c23-17-15(13-7-3-1-4-8-13)21(19(17)25)11-28-22(12-27-21)16(18(24)20(22)26)14-9-5-2-6-10-14/h1-10,23-24H,11-12H2/t21-,22+. The van der Waals surface area contributed by atoms with E-state index in [1.165, 1.54) is 23.5 Å². The summed E-state index contributed by atoms with van der Waals surface area (Å²) >= 11 is 2.80.